The average Bonchev–Trinajstić information content (AvgIpc) is 2.53. The van der Waals surface area contributed by atoms with Gasteiger partial charge in [-0.15, -0.1) is 0 Å². The molecule has 0 aromatic carbocycles. The lowest BCUT2D eigenvalue weighted by molar-refractivity contribution is 0.802. The molecule has 0 saturated heterocycles. The van der Waals surface area contributed by atoms with Crippen LogP contribution in [-0.4, -0.2) is 30.6 Å². The minimum absolute atomic E-state index is 0.876. The zero-order valence-electron chi connectivity index (χ0n) is 13.1. The zero-order valence-corrected chi connectivity index (χ0v) is 13.1. The van der Waals surface area contributed by atoms with Gasteiger partial charge in [0.2, 0.25) is 0 Å². The molecule has 2 aromatic heterocycles. The SMILES string of the molecule is CCc1cc(CNC)cc(N(C)CCc2ccncc2)n1. The van der Waals surface area contributed by atoms with Crippen LogP contribution in [0.3, 0.4) is 0 Å². The van der Waals surface area contributed by atoms with Gasteiger partial charge in [-0.1, -0.05) is 6.92 Å². The van der Waals surface area contributed by atoms with Crippen LogP contribution in [0.2, 0.25) is 0 Å². The van der Waals surface area contributed by atoms with E-state index in [1.165, 1.54) is 11.1 Å². The van der Waals surface area contributed by atoms with Crippen molar-refractivity contribution in [2.75, 3.05) is 25.5 Å². The summed E-state index contributed by atoms with van der Waals surface area (Å²) in [5, 5.41) is 3.21. The molecule has 0 saturated carbocycles. The molecule has 0 aliphatic carbocycles. The zero-order chi connectivity index (χ0) is 15.1. The summed E-state index contributed by atoms with van der Waals surface area (Å²) in [6, 6.07) is 8.48. The lowest BCUT2D eigenvalue weighted by atomic mass is 10.1. The Morgan fingerprint density at radius 3 is 2.57 bits per heavy atom. The summed E-state index contributed by atoms with van der Waals surface area (Å²) in [4.78, 5) is 11.0. The van der Waals surface area contributed by atoms with E-state index in [0.717, 1.165) is 37.4 Å². The van der Waals surface area contributed by atoms with Crippen molar-refractivity contribution in [2.24, 2.45) is 0 Å². The van der Waals surface area contributed by atoms with Crippen LogP contribution < -0.4 is 10.2 Å². The molecule has 0 unspecified atom stereocenters. The van der Waals surface area contributed by atoms with Crippen LogP contribution in [0.15, 0.2) is 36.7 Å². The lowest BCUT2D eigenvalue weighted by Gasteiger charge is -2.20. The molecule has 4 nitrogen and oxygen atoms in total. The van der Waals surface area contributed by atoms with E-state index in [1.807, 2.05) is 19.4 Å². The van der Waals surface area contributed by atoms with Gasteiger partial charge in [0.1, 0.15) is 5.82 Å². The van der Waals surface area contributed by atoms with Crippen molar-refractivity contribution in [3.63, 3.8) is 0 Å². The lowest BCUT2D eigenvalue weighted by Crippen LogP contribution is -2.22. The molecule has 2 aromatic rings. The second kappa shape index (κ2) is 7.74. The summed E-state index contributed by atoms with van der Waals surface area (Å²) in [7, 11) is 4.07. The summed E-state index contributed by atoms with van der Waals surface area (Å²) in [6.45, 7) is 3.97. The topological polar surface area (TPSA) is 41.0 Å². The number of hydrogen-bond acceptors (Lipinski definition) is 4. The fourth-order valence-electron chi connectivity index (χ4n) is 2.28. The highest BCUT2D eigenvalue weighted by atomic mass is 15.2. The normalized spacial score (nSPS) is 10.6. The third kappa shape index (κ3) is 4.53. The minimum atomic E-state index is 0.876. The van der Waals surface area contributed by atoms with Crippen LogP contribution in [0.1, 0.15) is 23.7 Å². The van der Waals surface area contributed by atoms with E-state index < -0.39 is 0 Å². The minimum Gasteiger partial charge on any atom is -0.359 e. The Morgan fingerprint density at radius 2 is 1.90 bits per heavy atom. The Kier molecular flexibility index (Phi) is 5.69. The highest BCUT2D eigenvalue weighted by Gasteiger charge is 2.06. The van der Waals surface area contributed by atoms with Gasteiger partial charge in [-0.3, -0.25) is 4.98 Å². The van der Waals surface area contributed by atoms with Gasteiger partial charge in [0.15, 0.2) is 0 Å². The van der Waals surface area contributed by atoms with Gasteiger partial charge in [-0.2, -0.15) is 0 Å². The van der Waals surface area contributed by atoms with Crippen LogP contribution in [0, 0.1) is 0 Å². The number of aromatic nitrogens is 2. The van der Waals surface area contributed by atoms with Crippen LogP contribution in [-0.2, 0) is 19.4 Å². The van der Waals surface area contributed by atoms with Gasteiger partial charge in [0.25, 0.3) is 0 Å². The van der Waals surface area contributed by atoms with Crippen LogP contribution in [0.25, 0.3) is 0 Å². The van der Waals surface area contributed by atoms with Crippen molar-refractivity contribution < 1.29 is 0 Å². The standard InChI is InChI=1S/C17H24N4/c1-4-16-11-15(13-18-2)12-17(20-16)21(3)10-7-14-5-8-19-9-6-14/h5-6,8-9,11-12,18H,4,7,10,13H2,1-3H3. The smallest absolute Gasteiger partial charge is 0.128 e. The van der Waals surface area contributed by atoms with E-state index in [4.69, 9.17) is 4.98 Å². The Labute approximate surface area is 127 Å². The molecule has 0 aliphatic heterocycles. The maximum absolute atomic E-state index is 4.73. The summed E-state index contributed by atoms with van der Waals surface area (Å²) in [5.74, 6) is 1.05. The van der Waals surface area contributed by atoms with Gasteiger partial charge in [-0.25, -0.2) is 4.98 Å². The largest absolute Gasteiger partial charge is 0.359 e. The van der Waals surface area contributed by atoms with Gasteiger partial charge >= 0.3 is 0 Å². The number of rotatable bonds is 7. The number of aryl methyl sites for hydroxylation is 1. The van der Waals surface area contributed by atoms with Crippen LogP contribution in [0.4, 0.5) is 5.82 Å². The summed E-state index contributed by atoms with van der Waals surface area (Å²) in [6.07, 6.45) is 5.65. The second-order valence-corrected chi connectivity index (χ2v) is 5.24. The number of pyridine rings is 2. The highest BCUT2D eigenvalue weighted by molar-refractivity contribution is 5.42. The monoisotopic (exact) mass is 284 g/mol. The molecule has 0 fully saturated rings. The van der Waals surface area contributed by atoms with Crippen molar-refractivity contribution >= 4 is 5.82 Å². The molecule has 2 heterocycles. The number of nitrogens with one attached hydrogen (secondary N) is 1. The van der Waals surface area contributed by atoms with Crippen molar-refractivity contribution in [1.29, 1.82) is 0 Å². The molecule has 0 aliphatic rings. The second-order valence-electron chi connectivity index (χ2n) is 5.24. The Morgan fingerprint density at radius 1 is 1.14 bits per heavy atom. The van der Waals surface area contributed by atoms with Gasteiger partial charge < -0.3 is 10.2 Å². The molecule has 2 rings (SSSR count). The van der Waals surface area contributed by atoms with E-state index in [1.54, 1.807) is 0 Å². The summed E-state index contributed by atoms with van der Waals surface area (Å²) < 4.78 is 0. The van der Waals surface area contributed by atoms with E-state index in [9.17, 15) is 0 Å². The van der Waals surface area contributed by atoms with E-state index in [2.05, 4.69) is 53.4 Å². The van der Waals surface area contributed by atoms with Gasteiger partial charge in [0.05, 0.1) is 0 Å². The molecule has 0 radical (unpaired) electrons. The molecule has 0 bridgehead atoms. The summed E-state index contributed by atoms with van der Waals surface area (Å²) in [5.41, 5.74) is 3.74. The number of anilines is 1. The first-order valence-electron chi connectivity index (χ1n) is 7.47. The maximum Gasteiger partial charge on any atom is 0.128 e. The average molecular weight is 284 g/mol. The van der Waals surface area contributed by atoms with E-state index >= 15 is 0 Å². The quantitative estimate of drug-likeness (QED) is 0.848. The molecule has 21 heavy (non-hydrogen) atoms. The van der Waals surface area contributed by atoms with Crippen molar-refractivity contribution in [3.8, 4) is 0 Å². The van der Waals surface area contributed by atoms with E-state index in [-0.39, 0.29) is 0 Å². The molecular formula is C17H24N4. The Hall–Kier alpha value is -1.94. The van der Waals surface area contributed by atoms with Crippen LogP contribution >= 0.6 is 0 Å². The van der Waals surface area contributed by atoms with Gasteiger partial charge in [-0.05, 0) is 55.3 Å². The fraction of sp³-hybridized carbons (Fsp3) is 0.412. The molecule has 4 heteroatoms. The number of hydrogen-bond donors (Lipinski definition) is 1. The van der Waals surface area contributed by atoms with Crippen molar-refractivity contribution in [3.05, 3.63) is 53.5 Å². The fourth-order valence-corrected chi connectivity index (χ4v) is 2.28. The van der Waals surface area contributed by atoms with Crippen LogP contribution in [0.5, 0.6) is 0 Å². The van der Waals surface area contributed by atoms with Gasteiger partial charge in [0, 0.05) is 38.2 Å². The predicted octanol–water partition coefficient (Wildman–Crippen LogP) is 2.44. The number of likely N-dealkylation sites (N-methyl/N-ethyl adjacent to an activating group) is 1. The first-order valence-corrected chi connectivity index (χ1v) is 7.47. The molecule has 0 atom stereocenters. The molecule has 112 valence electrons. The highest BCUT2D eigenvalue weighted by Crippen LogP contribution is 2.15. The van der Waals surface area contributed by atoms with Crippen molar-refractivity contribution in [2.45, 2.75) is 26.3 Å². The van der Waals surface area contributed by atoms with E-state index in [0.29, 0.717) is 0 Å². The van der Waals surface area contributed by atoms with Crippen molar-refractivity contribution in [1.82, 2.24) is 15.3 Å². The number of nitrogens with zero attached hydrogens (tertiary/aromatic N) is 3. The molecule has 0 amide bonds. The molecular weight excluding hydrogens is 260 g/mol. The first-order chi connectivity index (χ1) is 10.2. The molecule has 1 N–H and O–H groups in total. The first kappa shape index (κ1) is 15.4. The third-order valence-electron chi connectivity index (χ3n) is 3.54. The Bertz CT molecular complexity index is 554. The Balaban J connectivity index is 2.07. The predicted molar refractivity (Wildman–Crippen MR) is 87.6 cm³/mol. The maximum atomic E-state index is 4.73. The third-order valence-corrected chi connectivity index (χ3v) is 3.54. The molecule has 0 spiro atoms. The summed E-state index contributed by atoms with van der Waals surface area (Å²) >= 11 is 0.